The van der Waals surface area contributed by atoms with Crippen molar-refractivity contribution in [3.63, 3.8) is 0 Å². The zero-order valence-corrected chi connectivity index (χ0v) is 12.8. The predicted molar refractivity (Wildman–Crippen MR) is 81.1 cm³/mol. The molecule has 0 aliphatic heterocycles. The first-order valence-electron chi connectivity index (χ1n) is 6.89. The van der Waals surface area contributed by atoms with Gasteiger partial charge < -0.3 is 10.5 Å². The second-order valence-electron chi connectivity index (χ2n) is 5.02. The second-order valence-corrected chi connectivity index (χ2v) is 6.74. The first-order chi connectivity index (χ1) is 10.0. The van der Waals surface area contributed by atoms with Crippen LogP contribution in [0.15, 0.2) is 29.2 Å². The molecule has 1 fully saturated rings. The van der Waals surface area contributed by atoms with Crippen LogP contribution in [0, 0.1) is 11.8 Å². The van der Waals surface area contributed by atoms with Gasteiger partial charge in [-0.3, -0.25) is 0 Å². The smallest absolute Gasteiger partial charge is 0.240 e. The summed E-state index contributed by atoms with van der Waals surface area (Å²) in [5.74, 6) is 5.56. The summed E-state index contributed by atoms with van der Waals surface area (Å²) < 4.78 is 32.8. The summed E-state index contributed by atoms with van der Waals surface area (Å²) in [6, 6.07) is 6.51. The molecule has 1 aliphatic carbocycles. The van der Waals surface area contributed by atoms with Gasteiger partial charge in [-0.25, -0.2) is 13.1 Å². The summed E-state index contributed by atoms with van der Waals surface area (Å²) in [6.07, 6.45) is 2.53. The Hall–Kier alpha value is -1.39. The third-order valence-corrected chi connectivity index (χ3v) is 5.04. The first kappa shape index (κ1) is 16.0. The van der Waals surface area contributed by atoms with Crippen molar-refractivity contribution in [2.45, 2.75) is 36.3 Å². The van der Waals surface area contributed by atoms with E-state index >= 15 is 0 Å². The number of nitrogens with one attached hydrogen (secondary N) is 1. The lowest BCUT2D eigenvalue weighted by Crippen LogP contribution is -2.33. The molecule has 1 saturated carbocycles. The van der Waals surface area contributed by atoms with Gasteiger partial charge in [0.25, 0.3) is 0 Å². The molecule has 1 aromatic carbocycles. The topological polar surface area (TPSA) is 81.4 Å². The van der Waals surface area contributed by atoms with Gasteiger partial charge in [-0.15, -0.1) is 0 Å². The van der Waals surface area contributed by atoms with Crippen LogP contribution in [0.25, 0.3) is 0 Å². The molecule has 0 saturated heterocycles. The van der Waals surface area contributed by atoms with E-state index in [1.165, 1.54) is 0 Å². The van der Waals surface area contributed by atoms with E-state index in [9.17, 15) is 8.42 Å². The third kappa shape index (κ3) is 4.29. The SMILES string of the molecule is COC1CCC(NS(=O)(=O)c2cccc(C#CCN)c2)C1. The van der Waals surface area contributed by atoms with Gasteiger partial charge in [0.2, 0.25) is 10.0 Å². The molecule has 1 aliphatic rings. The average molecular weight is 308 g/mol. The normalized spacial score (nSPS) is 21.8. The third-order valence-electron chi connectivity index (χ3n) is 3.52. The van der Waals surface area contributed by atoms with Crippen molar-refractivity contribution in [1.29, 1.82) is 0 Å². The van der Waals surface area contributed by atoms with Crippen LogP contribution in [0.5, 0.6) is 0 Å². The Morgan fingerprint density at radius 2 is 2.24 bits per heavy atom. The van der Waals surface area contributed by atoms with Crippen LogP contribution in [0.1, 0.15) is 24.8 Å². The molecule has 0 bridgehead atoms. The van der Waals surface area contributed by atoms with Gasteiger partial charge in [-0.2, -0.15) is 0 Å². The molecule has 0 aromatic heterocycles. The minimum absolute atomic E-state index is 0.0706. The summed E-state index contributed by atoms with van der Waals surface area (Å²) in [7, 11) is -1.87. The highest BCUT2D eigenvalue weighted by atomic mass is 32.2. The van der Waals surface area contributed by atoms with Gasteiger partial charge in [0.05, 0.1) is 17.5 Å². The van der Waals surface area contributed by atoms with E-state index in [0.29, 0.717) is 12.0 Å². The monoisotopic (exact) mass is 308 g/mol. The Kier molecular flexibility index (Phi) is 5.37. The molecule has 5 nitrogen and oxygen atoms in total. The minimum Gasteiger partial charge on any atom is -0.381 e. The molecule has 21 heavy (non-hydrogen) atoms. The molecule has 0 heterocycles. The predicted octanol–water partition coefficient (Wildman–Crippen LogP) is 0.843. The van der Waals surface area contributed by atoms with Crippen LogP contribution in [-0.2, 0) is 14.8 Å². The molecule has 3 N–H and O–H groups in total. The number of sulfonamides is 1. The summed E-state index contributed by atoms with van der Waals surface area (Å²) >= 11 is 0. The largest absolute Gasteiger partial charge is 0.381 e. The maximum Gasteiger partial charge on any atom is 0.240 e. The van der Waals surface area contributed by atoms with Crippen LogP contribution >= 0.6 is 0 Å². The highest BCUT2D eigenvalue weighted by Gasteiger charge is 2.28. The first-order valence-corrected chi connectivity index (χ1v) is 8.37. The van der Waals surface area contributed by atoms with Gasteiger partial charge in [0.15, 0.2) is 0 Å². The fourth-order valence-corrected chi connectivity index (χ4v) is 3.77. The van der Waals surface area contributed by atoms with E-state index in [-0.39, 0.29) is 23.6 Å². The van der Waals surface area contributed by atoms with Crippen molar-refractivity contribution in [1.82, 2.24) is 4.72 Å². The fourth-order valence-electron chi connectivity index (χ4n) is 2.44. The van der Waals surface area contributed by atoms with Crippen molar-refractivity contribution in [2.75, 3.05) is 13.7 Å². The lowest BCUT2D eigenvalue weighted by atomic mass is 10.2. The van der Waals surface area contributed by atoms with E-state index in [1.807, 2.05) is 0 Å². The van der Waals surface area contributed by atoms with Crippen molar-refractivity contribution in [2.24, 2.45) is 5.73 Å². The van der Waals surface area contributed by atoms with Crippen LogP contribution < -0.4 is 10.5 Å². The highest BCUT2D eigenvalue weighted by Crippen LogP contribution is 2.23. The molecule has 2 atom stereocenters. The lowest BCUT2D eigenvalue weighted by molar-refractivity contribution is 0.107. The summed E-state index contributed by atoms with van der Waals surface area (Å²) in [6.45, 7) is 0.246. The maximum atomic E-state index is 12.4. The van der Waals surface area contributed by atoms with Gasteiger partial charge >= 0.3 is 0 Å². The molecule has 2 unspecified atom stereocenters. The summed E-state index contributed by atoms with van der Waals surface area (Å²) in [5, 5.41) is 0. The van der Waals surface area contributed by atoms with E-state index in [2.05, 4.69) is 16.6 Å². The fraction of sp³-hybridized carbons (Fsp3) is 0.467. The standard InChI is InChI=1S/C15H20N2O3S/c1-20-14-8-7-13(11-14)17-21(18,19)15-6-2-4-12(10-15)5-3-9-16/h2,4,6,10,13-14,17H,7-9,11,16H2,1H3. The zero-order valence-electron chi connectivity index (χ0n) is 12.0. The second kappa shape index (κ2) is 7.05. The van der Waals surface area contributed by atoms with Gasteiger partial charge in [-0.05, 0) is 37.5 Å². The van der Waals surface area contributed by atoms with Crippen LogP contribution in [0.3, 0.4) is 0 Å². The Balaban J connectivity index is 2.12. The molecule has 0 radical (unpaired) electrons. The quantitative estimate of drug-likeness (QED) is 0.808. The van der Waals surface area contributed by atoms with E-state index in [0.717, 1.165) is 12.8 Å². The number of rotatable bonds is 4. The summed E-state index contributed by atoms with van der Waals surface area (Å²) in [4.78, 5) is 0.229. The molecule has 114 valence electrons. The average Bonchev–Trinajstić information content (AvgIpc) is 2.92. The van der Waals surface area contributed by atoms with Crippen molar-refractivity contribution >= 4 is 10.0 Å². The molecule has 0 amide bonds. The molecule has 0 spiro atoms. The number of nitrogens with two attached hydrogens (primary N) is 1. The molecule has 6 heteroatoms. The van der Waals surface area contributed by atoms with Gasteiger partial charge in [-0.1, -0.05) is 17.9 Å². The Morgan fingerprint density at radius 1 is 1.43 bits per heavy atom. The van der Waals surface area contributed by atoms with E-state index in [4.69, 9.17) is 10.5 Å². The van der Waals surface area contributed by atoms with Crippen molar-refractivity contribution in [3.8, 4) is 11.8 Å². The Morgan fingerprint density at radius 3 is 2.90 bits per heavy atom. The van der Waals surface area contributed by atoms with Crippen molar-refractivity contribution < 1.29 is 13.2 Å². The maximum absolute atomic E-state index is 12.4. The van der Waals surface area contributed by atoms with E-state index < -0.39 is 10.0 Å². The number of methoxy groups -OCH3 is 1. The number of hydrogen-bond donors (Lipinski definition) is 2. The molecule has 2 rings (SSSR count). The van der Waals surface area contributed by atoms with Gasteiger partial charge in [0.1, 0.15) is 0 Å². The van der Waals surface area contributed by atoms with Crippen LogP contribution in [0.2, 0.25) is 0 Å². The van der Waals surface area contributed by atoms with E-state index in [1.54, 1.807) is 31.4 Å². The Bertz CT molecular complexity index is 646. The highest BCUT2D eigenvalue weighted by molar-refractivity contribution is 7.89. The molecule has 1 aromatic rings. The molecular weight excluding hydrogens is 288 g/mol. The van der Waals surface area contributed by atoms with Gasteiger partial charge in [0, 0.05) is 18.7 Å². The minimum atomic E-state index is -3.53. The van der Waals surface area contributed by atoms with Crippen molar-refractivity contribution in [3.05, 3.63) is 29.8 Å². The van der Waals surface area contributed by atoms with Crippen LogP contribution in [0.4, 0.5) is 0 Å². The molecular formula is C15H20N2O3S. The number of ether oxygens (including phenoxy) is 1. The van der Waals surface area contributed by atoms with Crippen LogP contribution in [-0.4, -0.2) is 34.2 Å². The summed E-state index contributed by atoms with van der Waals surface area (Å²) in [5.41, 5.74) is 5.96. The number of benzene rings is 1. The Labute approximate surface area is 125 Å². The zero-order chi connectivity index (χ0) is 15.3. The number of hydrogen-bond acceptors (Lipinski definition) is 4. The lowest BCUT2D eigenvalue weighted by Gasteiger charge is -2.13.